The van der Waals surface area contributed by atoms with Gasteiger partial charge >= 0.3 is 0 Å². The fourth-order valence-corrected chi connectivity index (χ4v) is 6.27. The first-order valence-corrected chi connectivity index (χ1v) is 14.8. The maximum Gasteiger partial charge on any atom is 0.251 e. The Morgan fingerprint density at radius 1 is 1.15 bits per heavy atom. The minimum atomic E-state index is -0.673. The van der Waals surface area contributed by atoms with Crippen molar-refractivity contribution < 1.29 is 14.6 Å². The van der Waals surface area contributed by atoms with Crippen molar-refractivity contribution in [1.29, 1.82) is 0 Å². The van der Waals surface area contributed by atoms with Crippen LogP contribution in [-0.4, -0.2) is 57.5 Å². The van der Waals surface area contributed by atoms with Crippen molar-refractivity contribution >= 4 is 28.1 Å². The van der Waals surface area contributed by atoms with Crippen LogP contribution in [0, 0.1) is 5.92 Å². The average molecular weight is 545 g/mol. The lowest BCUT2D eigenvalue weighted by Crippen LogP contribution is -2.45. The number of carbonyl (C=O) groups is 1. The van der Waals surface area contributed by atoms with Gasteiger partial charge in [-0.1, -0.05) is 0 Å². The van der Waals surface area contributed by atoms with Crippen LogP contribution in [0.2, 0.25) is 0 Å². The molecule has 1 atom stereocenters. The zero-order valence-corrected chi connectivity index (χ0v) is 23.3. The standard InChI is InChI=1S/C31H36N4O3S/c1-31(2,37)19-35-14-11-25(12-15-35)38-24-8-5-21(6-9-24)29-26-17-22(7-10-27(26)33-34-29)30(36)32-28(20-3-4-20)23-13-16-39-18-23/h5-10,13,16-18,20,25,28,37H,3-4,11-12,14-15,19H2,1-2H3,(H,32,36)(H,33,34)/t28-/m0/s1. The number of thiophene rings is 1. The van der Waals surface area contributed by atoms with E-state index in [1.165, 1.54) is 5.56 Å². The van der Waals surface area contributed by atoms with Crippen LogP contribution in [0.5, 0.6) is 5.75 Å². The number of hydrogen-bond acceptors (Lipinski definition) is 6. The van der Waals surface area contributed by atoms with Crippen LogP contribution in [0.25, 0.3) is 22.2 Å². The number of ether oxygens (including phenoxy) is 1. The van der Waals surface area contributed by atoms with Crippen LogP contribution < -0.4 is 10.1 Å². The number of aromatic nitrogens is 2. The number of carbonyl (C=O) groups excluding carboxylic acids is 1. The number of rotatable bonds is 9. The molecule has 0 bridgehead atoms. The molecule has 0 unspecified atom stereocenters. The molecule has 6 rings (SSSR count). The second-order valence-electron chi connectivity index (χ2n) is 11.6. The maximum absolute atomic E-state index is 13.2. The van der Waals surface area contributed by atoms with Gasteiger partial charge in [0.15, 0.2) is 0 Å². The molecular formula is C31H36N4O3S. The van der Waals surface area contributed by atoms with E-state index < -0.39 is 5.60 Å². The van der Waals surface area contributed by atoms with Crippen molar-refractivity contribution in [3.8, 4) is 17.0 Å². The van der Waals surface area contributed by atoms with Crippen LogP contribution in [0.4, 0.5) is 0 Å². The largest absolute Gasteiger partial charge is 0.490 e. The van der Waals surface area contributed by atoms with Gasteiger partial charge in [0.05, 0.1) is 22.9 Å². The monoisotopic (exact) mass is 544 g/mol. The Balaban J connectivity index is 1.13. The van der Waals surface area contributed by atoms with Crippen LogP contribution in [0.1, 0.15) is 61.5 Å². The predicted octanol–water partition coefficient (Wildman–Crippen LogP) is 5.79. The van der Waals surface area contributed by atoms with Gasteiger partial charge in [0.2, 0.25) is 0 Å². The summed E-state index contributed by atoms with van der Waals surface area (Å²) in [6.07, 6.45) is 4.38. The van der Waals surface area contributed by atoms with Gasteiger partial charge in [-0.15, -0.1) is 0 Å². The zero-order valence-electron chi connectivity index (χ0n) is 22.5. The molecule has 0 spiro atoms. The fourth-order valence-electron chi connectivity index (χ4n) is 5.57. The summed E-state index contributed by atoms with van der Waals surface area (Å²) in [5, 5.41) is 26.2. The number of likely N-dealkylation sites (tertiary alicyclic amines) is 1. The van der Waals surface area contributed by atoms with E-state index in [0.29, 0.717) is 18.0 Å². The second kappa shape index (κ2) is 10.8. The summed E-state index contributed by atoms with van der Waals surface area (Å²) in [6, 6.07) is 16.0. The van der Waals surface area contributed by atoms with Crippen LogP contribution in [0.3, 0.4) is 0 Å². The molecule has 1 amide bonds. The van der Waals surface area contributed by atoms with Crippen molar-refractivity contribution in [3.05, 3.63) is 70.4 Å². The number of H-pyrrole nitrogens is 1. The van der Waals surface area contributed by atoms with E-state index in [1.54, 1.807) is 11.3 Å². The van der Waals surface area contributed by atoms with Crippen molar-refractivity contribution in [3.63, 3.8) is 0 Å². The Labute approximate surface area is 233 Å². The lowest BCUT2D eigenvalue weighted by Gasteiger charge is -2.35. The highest BCUT2D eigenvalue weighted by Gasteiger charge is 2.34. The molecule has 2 fully saturated rings. The third-order valence-electron chi connectivity index (χ3n) is 7.68. The molecule has 39 heavy (non-hydrogen) atoms. The molecule has 0 radical (unpaired) electrons. The molecular weight excluding hydrogens is 508 g/mol. The van der Waals surface area contributed by atoms with Gasteiger partial charge in [-0.05, 0) is 110 Å². The Kier molecular flexibility index (Phi) is 7.18. The minimum absolute atomic E-state index is 0.0514. The average Bonchev–Trinajstić information content (AvgIpc) is 3.43. The summed E-state index contributed by atoms with van der Waals surface area (Å²) in [7, 11) is 0. The fraction of sp³-hybridized carbons (Fsp3) is 0.419. The molecule has 1 saturated heterocycles. The van der Waals surface area contributed by atoms with Gasteiger partial charge < -0.3 is 20.1 Å². The summed E-state index contributed by atoms with van der Waals surface area (Å²) in [4.78, 5) is 15.5. The highest BCUT2D eigenvalue weighted by atomic mass is 32.1. The van der Waals surface area contributed by atoms with Gasteiger partial charge in [-0.3, -0.25) is 9.89 Å². The SMILES string of the molecule is CC(C)(O)CN1CCC(Oc2ccc(-c3n[nH]c4ccc(C(=O)N[C@H](c5ccsc5)C5CC5)cc34)cc2)CC1. The summed E-state index contributed by atoms with van der Waals surface area (Å²) in [5.74, 6) is 1.32. The molecule has 204 valence electrons. The third-order valence-corrected chi connectivity index (χ3v) is 8.38. The van der Waals surface area contributed by atoms with Gasteiger partial charge in [-0.2, -0.15) is 16.4 Å². The zero-order chi connectivity index (χ0) is 27.0. The molecule has 3 heterocycles. The Hall–Kier alpha value is -3.20. The van der Waals surface area contributed by atoms with Crippen molar-refractivity contribution in [2.75, 3.05) is 19.6 Å². The molecule has 2 aromatic heterocycles. The Bertz CT molecular complexity index is 1410. The molecule has 1 aliphatic heterocycles. The van der Waals surface area contributed by atoms with Gasteiger partial charge in [0.25, 0.3) is 5.91 Å². The molecule has 1 saturated carbocycles. The molecule has 1 aliphatic carbocycles. The molecule has 2 aromatic carbocycles. The highest BCUT2D eigenvalue weighted by molar-refractivity contribution is 7.08. The van der Waals surface area contributed by atoms with E-state index in [1.807, 2.05) is 56.3 Å². The van der Waals surface area contributed by atoms with Crippen LogP contribution >= 0.6 is 11.3 Å². The number of amides is 1. The lowest BCUT2D eigenvalue weighted by molar-refractivity contribution is 0.0140. The van der Waals surface area contributed by atoms with Gasteiger partial charge in [-0.25, -0.2) is 0 Å². The van der Waals surface area contributed by atoms with Crippen molar-refractivity contribution in [1.82, 2.24) is 20.4 Å². The van der Waals surface area contributed by atoms with Crippen molar-refractivity contribution in [2.45, 2.75) is 57.3 Å². The number of hydrogen-bond donors (Lipinski definition) is 3. The van der Waals surface area contributed by atoms with E-state index in [-0.39, 0.29) is 18.1 Å². The molecule has 7 nitrogen and oxygen atoms in total. The molecule has 8 heteroatoms. The smallest absolute Gasteiger partial charge is 0.251 e. The first-order valence-electron chi connectivity index (χ1n) is 13.9. The quantitative estimate of drug-likeness (QED) is 0.248. The van der Waals surface area contributed by atoms with Gasteiger partial charge in [0, 0.05) is 36.1 Å². The predicted molar refractivity (Wildman–Crippen MR) is 155 cm³/mol. The summed E-state index contributed by atoms with van der Waals surface area (Å²) in [5.41, 5.74) is 3.86. The number of nitrogens with one attached hydrogen (secondary N) is 2. The molecule has 2 aliphatic rings. The first kappa shape index (κ1) is 26.0. The maximum atomic E-state index is 13.2. The second-order valence-corrected chi connectivity index (χ2v) is 12.4. The number of piperidine rings is 1. The number of benzene rings is 2. The van der Waals surface area contributed by atoms with Crippen LogP contribution in [0.15, 0.2) is 59.3 Å². The highest BCUT2D eigenvalue weighted by Crippen LogP contribution is 2.41. The molecule has 3 N–H and O–H groups in total. The topological polar surface area (TPSA) is 90.5 Å². The van der Waals surface area contributed by atoms with E-state index >= 15 is 0 Å². The minimum Gasteiger partial charge on any atom is -0.490 e. The van der Waals surface area contributed by atoms with E-state index in [0.717, 1.165) is 66.7 Å². The summed E-state index contributed by atoms with van der Waals surface area (Å²) in [6.45, 7) is 6.25. The Morgan fingerprint density at radius 3 is 2.59 bits per heavy atom. The normalized spacial score (nSPS) is 17.8. The number of β-amino-alcohol motifs (C(OH)–C–C–N with tert-alkyl or cyclic N) is 1. The lowest BCUT2D eigenvalue weighted by atomic mass is 10.0. The number of aliphatic hydroxyl groups is 1. The summed E-state index contributed by atoms with van der Waals surface area (Å²) >= 11 is 1.67. The summed E-state index contributed by atoms with van der Waals surface area (Å²) < 4.78 is 6.27. The third kappa shape index (κ3) is 6.19. The first-order chi connectivity index (χ1) is 18.8. The van der Waals surface area contributed by atoms with E-state index in [2.05, 4.69) is 37.2 Å². The van der Waals surface area contributed by atoms with Crippen LogP contribution in [-0.2, 0) is 0 Å². The Morgan fingerprint density at radius 2 is 1.92 bits per heavy atom. The van der Waals surface area contributed by atoms with E-state index in [9.17, 15) is 9.90 Å². The van der Waals surface area contributed by atoms with Crippen molar-refractivity contribution in [2.24, 2.45) is 5.92 Å². The number of fused-ring (bicyclic) bond motifs is 1. The number of nitrogens with zero attached hydrogens (tertiary/aromatic N) is 2. The molecule has 4 aromatic rings. The number of aromatic amines is 1. The van der Waals surface area contributed by atoms with Gasteiger partial charge in [0.1, 0.15) is 11.9 Å². The van der Waals surface area contributed by atoms with E-state index in [4.69, 9.17) is 4.74 Å².